The summed E-state index contributed by atoms with van der Waals surface area (Å²) in [6.07, 6.45) is 0. The van der Waals surface area contributed by atoms with E-state index in [4.69, 9.17) is 11.6 Å². The maximum atomic E-state index is 11.9. The number of nitrogens with zero attached hydrogens (tertiary/aromatic N) is 2. The van der Waals surface area contributed by atoms with Gasteiger partial charge in [-0.3, -0.25) is 9.13 Å². The number of aromatic nitrogens is 2. The Kier molecular flexibility index (Phi) is 3.52. The molecular weight excluding hydrogens is 360 g/mol. The van der Waals surface area contributed by atoms with Gasteiger partial charge in [0.05, 0.1) is 20.2 Å². The fourth-order valence-electron chi connectivity index (χ4n) is 2.31. The first-order valence-corrected chi connectivity index (χ1v) is 8.08. The second-order valence-electron chi connectivity index (χ2n) is 4.65. The van der Waals surface area contributed by atoms with Crippen LogP contribution in [0.15, 0.2) is 38.9 Å². The number of alkyl halides is 1. The number of halogens is 2. The third-order valence-electron chi connectivity index (χ3n) is 3.43. The normalized spacial score (nSPS) is 13.0. The van der Waals surface area contributed by atoms with Crippen LogP contribution in [0.3, 0.4) is 0 Å². The van der Waals surface area contributed by atoms with Crippen LogP contribution in [0.25, 0.3) is 11.0 Å². The zero-order chi connectivity index (χ0) is 14.4. The fraction of sp³-hybridized carbons (Fsp3) is 0.214. The first-order valence-electron chi connectivity index (χ1n) is 6.03. The van der Waals surface area contributed by atoms with Crippen molar-refractivity contribution >= 4 is 49.9 Å². The Morgan fingerprint density at radius 2 is 1.85 bits per heavy atom. The molecular formula is C14H12BrClN2OS. The van der Waals surface area contributed by atoms with Gasteiger partial charge in [-0.2, -0.15) is 0 Å². The van der Waals surface area contributed by atoms with E-state index in [-0.39, 0.29) is 11.1 Å². The molecule has 1 aromatic carbocycles. The largest absolute Gasteiger partial charge is 0.328 e. The molecule has 0 aliphatic rings. The molecule has 0 aliphatic heterocycles. The number of fused-ring (bicyclic) bond motifs is 1. The van der Waals surface area contributed by atoms with E-state index in [1.54, 1.807) is 34.6 Å². The van der Waals surface area contributed by atoms with Crippen LogP contribution in [0.2, 0.25) is 0 Å². The minimum absolute atomic E-state index is 0.0258. The van der Waals surface area contributed by atoms with E-state index < -0.39 is 0 Å². The third kappa shape index (κ3) is 2.14. The van der Waals surface area contributed by atoms with E-state index in [0.717, 1.165) is 25.3 Å². The van der Waals surface area contributed by atoms with Crippen molar-refractivity contribution in [2.45, 2.75) is 5.38 Å². The Morgan fingerprint density at radius 1 is 1.15 bits per heavy atom. The zero-order valence-electron chi connectivity index (χ0n) is 10.9. The maximum absolute atomic E-state index is 11.9. The smallest absolute Gasteiger partial charge is 0.295 e. The molecule has 1 atom stereocenters. The first-order chi connectivity index (χ1) is 9.49. The van der Waals surface area contributed by atoms with Crippen molar-refractivity contribution in [1.82, 2.24) is 9.13 Å². The Morgan fingerprint density at radius 3 is 2.50 bits per heavy atom. The molecule has 0 N–H and O–H groups in total. The SMILES string of the molecule is Cn1c(=O)n(C)c2cc(C(Cl)c3ccc(Br)s3)ccc21. The molecule has 0 saturated heterocycles. The molecule has 3 aromatic rings. The number of hydrogen-bond acceptors (Lipinski definition) is 2. The van der Waals surface area contributed by atoms with Gasteiger partial charge in [0.1, 0.15) is 0 Å². The summed E-state index contributed by atoms with van der Waals surface area (Å²) in [7, 11) is 3.55. The molecule has 6 heteroatoms. The van der Waals surface area contributed by atoms with Crippen LogP contribution in [0.4, 0.5) is 0 Å². The average Bonchev–Trinajstić information content (AvgIpc) is 2.97. The molecule has 3 rings (SSSR count). The number of benzene rings is 1. The lowest BCUT2D eigenvalue weighted by Crippen LogP contribution is -2.19. The van der Waals surface area contributed by atoms with Crippen LogP contribution in [-0.2, 0) is 14.1 Å². The van der Waals surface area contributed by atoms with Crippen molar-refractivity contribution in [3.63, 3.8) is 0 Å². The predicted octanol–water partition coefficient (Wildman–Crippen LogP) is 4.03. The number of imidazole rings is 1. The Hall–Kier alpha value is -1.04. The summed E-state index contributed by atoms with van der Waals surface area (Å²) in [5.74, 6) is 0. The Bertz CT molecular complexity index is 849. The molecule has 0 spiro atoms. The van der Waals surface area contributed by atoms with Crippen molar-refractivity contribution < 1.29 is 0 Å². The highest BCUT2D eigenvalue weighted by Crippen LogP contribution is 2.36. The molecule has 0 fully saturated rings. The van der Waals surface area contributed by atoms with Crippen molar-refractivity contribution in [3.05, 3.63) is 55.0 Å². The van der Waals surface area contributed by atoms with Crippen LogP contribution >= 0.6 is 38.9 Å². The number of aryl methyl sites for hydroxylation is 2. The maximum Gasteiger partial charge on any atom is 0.328 e. The quantitative estimate of drug-likeness (QED) is 0.625. The van der Waals surface area contributed by atoms with Gasteiger partial charge < -0.3 is 0 Å². The Balaban J connectivity index is 2.14. The molecule has 2 aromatic heterocycles. The van der Waals surface area contributed by atoms with Gasteiger partial charge in [0, 0.05) is 19.0 Å². The monoisotopic (exact) mass is 370 g/mol. The van der Waals surface area contributed by atoms with Crippen molar-refractivity contribution in [2.24, 2.45) is 14.1 Å². The molecule has 3 nitrogen and oxygen atoms in total. The lowest BCUT2D eigenvalue weighted by molar-refractivity contribution is 0.795. The van der Waals surface area contributed by atoms with Crippen LogP contribution in [0.1, 0.15) is 15.8 Å². The minimum Gasteiger partial charge on any atom is -0.295 e. The van der Waals surface area contributed by atoms with Gasteiger partial charge in [0.2, 0.25) is 0 Å². The fourth-order valence-corrected chi connectivity index (χ4v) is 4.08. The van der Waals surface area contributed by atoms with E-state index in [9.17, 15) is 4.79 Å². The van der Waals surface area contributed by atoms with Gasteiger partial charge in [-0.15, -0.1) is 22.9 Å². The second-order valence-corrected chi connectivity index (χ2v) is 7.58. The highest BCUT2D eigenvalue weighted by Gasteiger charge is 2.15. The third-order valence-corrected chi connectivity index (χ3v) is 5.74. The highest BCUT2D eigenvalue weighted by atomic mass is 79.9. The molecule has 0 radical (unpaired) electrons. The van der Waals surface area contributed by atoms with Gasteiger partial charge in [-0.1, -0.05) is 6.07 Å². The van der Waals surface area contributed by atoms with E-state index in [1.165, 1.54) is 0 Å². The predicted molar refractivity (Wildman–Crippen MR) is 87.9 cm³/mol. The van der Waals surface area contributed by atoms with E-state index >= 15 is 0 Å². The minimum atomic E-state index is -0.203. The highest BCUT2D eigenvalue weighted by molar-refractivity contribution is 9.11. The standard InChI is InChI=1S/C14H12BrClN2OS/c1-17-9-4-3-8(7-10(9)18(2)14(17)19)13(16)11-5-6-12(15)20-11/h3-7,13H,1-2H3. The summed E-state index contributed by atoms with van der Waals surface area (Å²) in [4.78, 5) is 13.0. The zero-order valence-corrected chi connectivity index (χ0v) is 14.1. The summed E-state index contributed by atoms with van der Waals surface area (Å²) in [5, 5.41) is -0.203. The number of thiophene rings is 1. The summed E-state index contributed by atoms with van der Waals surface area (Å²) < 4.78 is 4.35. The summed E-state index contributed by atoms with van der Waals surface area (Å²) in [6, 6.07) is 9.92. The summed E-state index contributed by atoms with van der Waals surface area (Å²) in [5.41, 5.74) is 2.78. The summed E-state index contributed by atoms with van der Waals surface area (Å²) >= 11 is 11.6. The van der Waals surface area contributed by atoms with E-state index in [1.807, 2.05) is 30.3 Å². The molecule has 20 heavy (non-hydrogen) atoms. The number of hydrogen-bond donors (Lipinski definition) is 0. The molecule has 0 amide bonds. The first kappa shape index (κ1) is 13.9. The van der Waals surface area contributed by atoms with Crippen molar-refractivity contribution in [2.75, 3.05) is 0 Å². The van der Waals surface area contributed by atoms with Crippen LogP contribution < -0.4 is 5.69 Å². The van der Waals surface area contributed by atoms with E-state index in [2.05, 4.69) is 15.9 Å². The topological polar surface area (TPSA) is 26.9 Å². The van der Waals surface area contributed by atoms with Crippen LogP contribution in [0, 0.1) is 0 Å². The lowest BCUT2D eigenvalue weighted by Gasteiger charge is -2.08. The van der Waals surface area contributed by atoms with Crippen molar-refractivity contribution in [1.29, 1.82) is 0 Å². The molecule has 0 bridgehead atoms. The average molecular weight is 372 g/mol. The second kappa shape index (κ2) is 5.06. The van der Waals surface area contributed by atoms with Crippen LogP contribution in [-0.4, -0.2) is 9.13 Å². The lowest BCUT2D eigenvalue weighted by atomic mass is 10.1. The molecule has 104 valence electrons. The Labute approximate surface area is 133 Å². The van der Waals surface area contributed by atoms with Gasteiger partial charge in [-0.05, 0) is 45.8 Å². The number of rotatable bonds is 2. The van der Waals surface area contributed by atoms with E-state index in [0.29, 0.717) is 0 Å². The van der Waals surface area contributed by atoms with Crippen LogP contribution in [0.5, 0.6) is 0 Å². The van der Waals surface area contributed by atoms with Crippen molar-refractivity contribution in [3.8, 4) is 0 Å². The molecule has 1 unspecified atom stereocenters. The molecule has 2 heterocycles. The van der Waals surface area contributed by atoms with Gasteiger partial charge >= 0.3 is 5.69 Å². The van der Waals surface area contributed by atoms with Gasteiger partial charge in [0.25, 0.3) is 0 Å². The van der Waals surface area contributed by atoms with Gasteiger partial charge in [0.15, 0.2) is 0 Å². The summed E-state index contributed by atoms with van der Waals surface area (Å²) in [6.45, 7) is 0. The molecule has 0 saturated carbocycles. The van der Waals surface area contributed by atoms with Gasteiger partial charge in [-0.25, -0.2) is 4.79 Å². The molecule has 0 aliphatic carbocycles.